The quantitative estimate of drug-likeness (QED) is 0.410. The fraction of sp³-hybridized carbons (Fsp3) is 0.586. The molecule has 2 aromatic carbocycles. The highest BCUT2D eigenvalue weighted by Crippen LogP contribution is 2.47. The van der Waals surface area contributed by atoms with Crippen molar-refractivity contribution >= 4 is 8.32 Å². The van der Waals surface area contributed by atoms with Crippen LogP contribution in [0.25, 0.3) is 0 Å². The summed E-state index contributed by atoms with van der Waals surface area (Å²) in [6.45, 7) is 17.5. The third-order valence-corrected chi connectivity index (χ3v) is 12.8. The molecular formula is C29H44O3Si. The third-order valence-electron chi connectivity index (χ3n) is 8.29. The lowest BCUT2D eigenvalue weighted by Gasteiger charge is -2.46. The lowest BCUT2D eigenvalue weighted by Crippen LogP contribution is -2.46. The summed E-state index contributed by atoms with van der Waals surface area (Å²) < 4.78 is 12.5. The molecule has 0 radical (unpaired) electrons. The molecule has 1 saturated carbocycles. The summed E-state index contributed by atoms with van der Waals surface area (Å²) in [6, 6.07) is 18.6. The van der Waals surface area contributed by atoms with Crippen LogP contribution in [-0.4, -0.2) is 26.1 Å². The minimum Gasteiger partial charge on any atom is -0.489 e. The predicted molar refractivity (Wildman–Crippen MR) is 140 cm³/mol. The molecule has 0 amide bonds. The van der Waals surface area contributed by atoms with Crippen molar-refractivity contribution in [2.75, 3.05) is 6.61 Å². The Hall–Kier alpha value is -1.62. The number of hydrogen-bond donors (Lipinski definition) is 1. The molecule has 182 valence electrons. The Morgan fingerprint density at radius 2 is 1.64 bits per heavy atom. The Kier molecular flexibility index (Phi) is 8.47. The molecule has 1 aliphatic rings. The molecule has 0 saturated heterocycles. The van der Waals surface area contributed by atoms with Gasteiger partial charge in [-0.05, 0) is 65.6 Å². The molecule has 33 heavy (non-hydrogen) atoms. The molecule has 3 nitrogen and oxygen atoms in total. The Morgan fingerprint density at radius 3 is 2.21 bits per heavy atom. The largest absolute Gasteiger partial charge is 0.489 e. The summed E-state index contributed by atoms with van der Waals surface area (Å²) in [7, 11) is -1.79. The van der Waals surface area contributed by atoms with E-state index >= 15 is 0 Å². The molecule has 1 aliphatic carbocycles. The lowest BCUT2D eigenvalue weighted by atomic mass is 9.63. The van der Waals surface area contributed by atoms with E-state index < -0.39 is 8.32 Å². The van der Waals surface area contributed by atoms with E-state index in [0.29, 0.717) is 24.4 Å². The van der Waals surface area contributed by atoms with Gasteiger partial charge in [0.15, 0.2) is 8.32 Å². The highest BCUT2D eigenvalue weighted by atomic mass is 28.4. The van der Waals surface area contributed by atoms with Crippen LogP contribution >= 0.6 is 0 Å². The van der Waals surface area contributed by atoms with Crippen molar-refractivity contribution < 1.29 is 14.3 Å². The van der Waals surface area contributed by atoms with Crippen LogP contribution in [0.2, 0.25) is 18.1 Å². The molecule has 1 fully saturated rings. The van der Waals surface area contributed by atoms with Gasteiger partial charge in [-0.25, -0.2) is 0 Å². The maximum absolute atomic E-state index is 11.2. The van der Waals surface area contributed by atoms with Crippen molar-refractivity contribution in [3.8, 4) is 5.75 Å². The number of aliphatic hydroxyl groups is 1. The van der Waals surface area contributed by atoms with Crippen LogP contribution in [0.15, 0.2) is 54.6 Å². The fourth-order valence-corrected chi connectivity index (χ4v) is 6.07. The molecule has 0 aliphatic heterocycles. The van der Waals surface area contributed by atoms with E-state index in [9.17, 15) is 5.11 Å². The molecule has 0 spiro atoms. The zero-order valence-electron chi connectivity index (χ0n) is 21.7. The van der Waals surface area contributed by atoms with Gasteiger partial charge >= 0.3 is 0 Å². The van der Waals surface area contributed by atoms with Gasteiger partial charge in [-0.2, -0.15) is 0 Å². The van der Waals surface area contributed by atoms with Gasteiger partial charge in [0.25, 0.3) is 0 Å². The van der Waals surface area contributed by atoms with Crippen LogP contribution in [0.5, 0.6) is 5.75 Å². The van der Waals surface area contributed by atoms with Crippen molar-refractivity contribution in [3.63, 3.8) is 0 Å². The highest BCUT2D eigenvalue weighted by molar-refractivity contribution is 6.74. The number of aliphatic hydroxyl groups excluding tert-OH is 1. The summed E-state index contributed by atoms with van der Waals surface area (Å²) in [4.78, 5) is 0. The van der Waals surface area contributed by atoms with Crippen LogP contribution in [0.1, 0.15) is 64.5 Å². The van der Waals surface area contributed by atoms with Crippen molar-refractivity contribution in [1.82, 2.24) is 0 Å². The average molecular weight is 469 g/mol. The summed E-state index contributed by atoms with van der Waals surface area (Å²) in [6.07, 6.45) is 1.53. The Labute approximate surface area is 202 Å². The topological polar surface area (TPSA) is 38.7 Å². The second-order valence-corrected chi connectivity index (χ2v) is 16.2. The van der Waals surface area contributed by atoms with Gasteiger partial charge in [0.2, 0.25) is 0 Å². The van der Waals surface area contributed by atoms with Gasteiger partial charge < -0.3 is 14.3 Å². The van der Waals surface area contributed by atoms with Crippen molar-refractivity contribution in [1.29, 1.82) is 0 Å². The van der Waals surface area contributed by atoms with E-state index in [-0.39, 0.29) is 17.1 Å². The first-order chi connectivity index (χ1) is 15.5. The maximum Gasteiger partial charge on any atom is 0.191 e. The van der Waals surface area contributed by atoms with E-state index in [0.717, 1.165) is 30.8 Å². The van der Waals surface area contributed by atoms with E-state index in [1.54, 1.807) is 0 Å². The van der Waals surface area contributed by atoms with Crippen LogP contribution in [-0.2, 0) is 11.0 Å². The highest BCUT2D eigenvalue weighted by Gasteiger charge is 2.44. The van der Waals surface area contributed by atoms with E-state index in [1.807, 2.05) is 18.2 Å². The monoisotopic (exact) mass is 468 g/mol. The van der Waals surface area contributed by atoms with Gasteiger partial charge in [0, 0.05) is 12.5 Å². The number of hydrogen-bond acceptors (Lipinski definition) is 3. The van der Waals surface area contributed by atoms with Crippen LogP contribution in [0.4, 0.5) is 0 Å². The van der Waals surface area contributed by atoms with Gasteiger partial charge in [-0.3, -0.25) is 0 Å². The molecule has 5 unspecified atom stereocenters. The van der Waals surface area contributed by atoms with Crippen molar-refractivity contribution in [2.24, 2.45) is 17.8 Å². The van der Waals surface area contributed by atoms with Gasteiger partial charge in [-0.15, -0.1) is 0 Å². The molecule has 0 bridgehead atoms. The molecule has 0 aromatic heterocycles. The van der Waals surface area contributed by atoms with Crippen molar-refractivity contribution in [2.45, 2.75) is 84.2 Å². The van der Waals surface area contributed by atoms with Crippen molar-refractivity contribution in [3.05, 3.63) is 65.7 Å². The number of ether oxygens (including phenoxy) is 1. The molecule has 2 aromatic rings. The first-order valence-corrected chi connectivity index (χ1v) is 15.5. The number of benzene rings is 2. The second-order valence-electron chi connectivity index (χ2n) is 11.4. The van der Waals surface area contributed by atoms with E-state index in [1.165, 1.54) is 5.56 Å². The van der Waals surface area contributed by atoms with Gasteiger partial charge in [0.1, 0.15) is 12.4 Å². The Bertz CT molecular complexity index is 857. The summed E-state index contributed by atoms with van der Waals surface area (Å²) in [5.41, 5.74) is 2.38. The lowest BCUT2D eigenvalue weighted by molar-refractivity contribution is -0.00935. The average Bonchev–Trinajstić information content (AvgIpc) is 2.78. The fourth-order valence-electron chi connectivity index (χ4n) is 5.01. The standard InChI is InChI=1S/C29H44O3Si/c1-8-26-21(2)24(20-32-33(6,7)29(3,4)5)18-27(30)28(26)23-14-16-25(17-15-23)31-19-22-12-10-9-11-13-22/h9-17,21,24,26-28,30H,8,18-20H2,1-7H3. The third kappa shape index (κ3) is 6.29. The minimum absolute atomic E-state index is 0.164. The molecule has 1 N–H and O–H groups in total. The molecular weight excluding hydrogens is 424 g/mol. The normalized spacial score (nSPS) is 26.2. The zero-order chi connectivity index (χ0) is 24.2. The van der Waals surface area contributed by atoms with Crippen LogP contribution in [0.3, 0.4) is 0 Å². The number of rotatable bonds is 8. The maximum atomic E-state index is 11.2. The zero-order valence-corrected chi connectivity index (χ0v) is 22.7. The molecule has 5 atom stereocenters. The SMILES string of the molecule is CCC1C(C)C(CO[Si](C)(C)C(C)(C)C)CC(O)C1c1ccc(OCc2ccccc2)cc1. The van der Waals surface area contributed by atoms with Crippen LogP contribution in [0, 0.1) is 17.8 Å². The smallest absolute Gasteiger partial charge is 0.191 e. The molecule has 3 rings (SSSR count). The molecule has 0 heterocycles. The first kappa shape index (κ1) is 26.0. The van der Waals surface area contributed by atoms with Crippen LogP contribution < -0.4 is 4.74 Å². The minimum atomic E-state index is -1.79. The summed E-state index contributed by atoms with van der Waals surface area (Å²) in [5, 5.41) is 11.5. The predicted octanol–water partition coefficient (Wildman–Crippen LogP) is 7.41. The second kappa shape index (κ2) is 10.8. The van der Waals surface area contributed by atoms with Gasteiger partial charge in [-0.1, -0.05) is 83.5 Å². The van der Waals surface area contributed by atoms with Gasteiger partial charge in [0.05, 0.1) is 6.10 Å². The Balaban J connectivity index is 1.66. The summed E-state index contributed by atoms with van der Waals surface area (Å²) in [5.74, 6) is 2.40. The Morgan fingerprint density at radius 1 is 1.00 bits per heavy atom. The van der Waals surface area contributed by atoms with E-state index in [4.69, 9.17) is 9.16 Å². The summed E-state index contributed by atoms with van der Waals surface area (Å²) >= 11 is 0. The van der Waals surface area contributed by atoms with E-state index in [2.05, 4.69) is 84.1 Å². The molecule has 4 heteroatoms. The first-order valence-electron chi connectivity index (χ1n) is 12.6.